The van der Waals surface area contributed by atoms with E-state index in [9.17, 15) is 4.79 Å². The molecule has 5 heteroatoms. The number of hydrogen-bond acceptors (Lipinski definition) is 4. The Labute approximate surface area is 92.6 Å². The van der Waals surface area contributed by atoms with E-state index in [-0.39, 0.29) is 18.6 Å². The zero-order chi connectivity index (χ0) is 10.5. The van der Waals surface area contributed by atoms with Gasteiger partial charge >= 0.3 is 0 Å². The van der Waals surface area contributed by atoms with Crippen LogP contribution in [0.1, 0.15) is 5.56 Å². The van der Waals surface area contributed by atoms with Crippen molar-refractivity contribution >= 4 is 17.2 Å². The maximum Gasteiger partial charge on any atom is 0.246 e. The van der Waals surface area contributed by atoms with Crippen LogP contribution in [0.4, 0.5) is 0 Å². The highest BCUT2D eigenvalue weighted by Crippen LogP contribution is 2.04. The summed E-state index contributed by atoms with van der Waals surface area (Å²) < 4.78 is 5.34. The van der Waals surface area contributed by atoms with Crippen LogP contribution in [0.2, 0.25) is 0 Å². The second kappa shape index (κ2) is 5.25. The summed E-state index contributed by atoms with van der Waals surface area (Å²) in [5, 5.41) is 9.92. The number of nitrogens with one attached hydrogen (secondary N) is 2. The first-order valence-corrected chi connectivity index (χ1v) is 5.89. The van der Waals surface area contributed by atoms with E-state index in [0.717, 1.165) is 18.7 Å². The fourth-order valence-electron chi connectivity index (χ4n) is 1.22. The molecule has 2 N–H and O–H groups in total. The minimum Gasteiger partial charge on any atom is -0.366 e. The van der Waals surface area contributed by atoms with E-state index < -0.39 is 0 Å². The summed E-state index contributed by atoms with van der Waals surface area (Å²) in [4.78, 5) is 11.3. The molecule has 0 aliphatic carbocycles. The molecule has 1 saturated heterocycles. The molecular weight excluding hydrogens is 212 g/mol. The van der Waals surface area contributed by atoms with Gasteiger partial charge in [-0.1, -0.05) is 0 Å². The average molecular weight is 226 g/mol. The first kappa shape index (κ1) is 10.6. The summed E-state index contributed by atoms with van der Waals surface area (Å²) in [5.41, 5.74) is 1.14. The molecule has 82 valence electrons. The summed E-state index contributed by atoms with van der Waals surface area (Å²) in [6.07, 6.45) is 0.219. The van der Waals surface area contributed by atoms with E-state index in [4.69, 9.17) is 4.74 Å². The van der Waals surface area contributed by atoms with Crippen LogP contribution < -0.4 is 10.6 Å². The summed E-state index contributed by atoms with van der Waals surface area (Å²) in [5.74, 6) is -0.0481. The van der Waals surface area contributed by atoms with Crippen LogP contribution in [0.15, 0.2) is 16.8 Å². The standard InChI is InChI=1S/C10H14N2O2S/c13-10(6-14-9-4-11-5-9)12-3-8-1-2-15-7-8/h1-2,7,9,11H,3-6H2,(H,12,13). The Balaban J connectivity index is 1.60. The van der Waals surface area contributed by atoms with Crippen LogP contribution in [-0.4, -0.2) is 31.7 Å². The molecule has 1 fully saturated rings. The molecule has 1 aromatic heterocycles. The molecule has 0 saturated carbocycles. The lowest BCUT2D eigenvalue weighted by atomic mass is 10.2. The summed E-state index contributed by atoms with van der Waals surface area (Å²) in [6, 6.07) is 2.00. The van der Waals surface area contributed by atoms with Crippen LogP contribution in [0.5, 0.6) is 0 Å². The maximum absolute atomic E-state index is 11.3. The highest BCUT2D eigenvalue weighted by Gasteiger charge is 2.17. The summed E-state index contributed by atoms with van der Waals surface area (Å²) in [6.45, 7) is 2.47. The number of carbonyl (C=O) groups is 1. The van der Waals surface area contributed by atoms with Crippen molar-refractivity contribution in [3.8, 4) is 0 Å². The van der Waals surface area contributed by atoms with Crippen molar-refractivity contribution in [2.45, 2.75) is 12.6 Å². The summed E-state index contributed by atoms with van der Waals surface area (Å²) >= 11 is 1.63. The minimum absolute atomic E-state index is 0.0481. The van der Waals surface area contributed by atoms with Gasteiger partial charge in [-0.05, 0) is 22.4 Å². The van der Waals surface area contributed by atoms with Crippen LogP contribution in [0.25, 0.3) is 0 Å². The third kappa shape index (κ3) is 3.30. The molecule has 0 bridgehead atoms. The predicted molar refractivity (Wildman–Crippen MR) is 58.8 cm³/mol. The molecule has 1 aliphatic heterocycles. The summed E-state index contributed by atoms with van der Waals surface area (Å²) in [7, 11) is 0. The van der Waals surface area contributed by atoms with Crippen molar-refractivity contribution in [3.63, 3.8) is 0 Å². The molecule has 15 heavy (non-hydrogen) atoms. The molecule has 4 nitrogen and oxygen atoms in total. The normalized spacial score (nSPS) is 16.0. The Morgan fingerprint density at radius 3 is 3.13 bits per heavy atom. The lowest BCUT2D eigenvalue weighted by molar-refractivity contribution is -0.128. The van der Waals surface area contributed by atoms with Gasteiger partial charge in [0.15, 0.2) is 0 Å². The van der Waals surface area contributed by atoms with Crippen molar-refractivity contribution in [1.82, 2.24) is 10.6 Å². The average Bonchev–Trinajstić information content (AvgIpc) is 2.64. The molecule has 0 aromatic carbocycles. The quantitative estimate of drug-likeness (QED) is 0.762. The van der Waals surface area contributed by atoms with Gasteiger partial charge in [0.1, 0.15) is 6.61 Å². The van der Waals surface area contributed by atoms with Crippen LogP contribution in [0.3, 0.4) is 0 Å². The molecule has 0 unspecified atom stereocenters. The Morgan fingerprint density at radius 2 is 2.53 bits per heavy atom. The second-order valence-corrected chi connectivity index (χ2v) is 4.28. The van der Waals surface area contributed by atoms with Gasteiger partial charge < -0.3 is 15.4 Å². The van der Waals surface area contributed by atoms with Gasteiger partial charge in [0.05, 0.1) is 6.10 Å². The smallest absolute Gasteiger partial charge is 0.246 e. The predicted octanol–water partition coefficient (Wildman–Crippen LogP) is 0.353. The second-order valence-electron chi connectivity index (χ2n) is 3.50. The van der Waals surface area contributed by atoms with Gasteiger partial charge in [0.2, 0.25) is 5.91 Å². The lowest BCUT2D eigenvalue weighted by Gasteiger charge is -2.26. The number of hydrogen-bond donors (Lipinski definition) is 2. The third-order valence-corrected chi connectivity index (χ3v) is 3.00. The van der Waals surface area contributed by atoms with E-state index in [0.29, 0.717) is 6.54 Å². The molecule has 1 amide bonds. The monoisotopic (exact) mass is 226 g/mol. The van der Waals surface area contributed by atoms with E-state index in [2.05, 4.69) is 10.6 Å². The van der Waals surface area contributed by atoms with E-state index >= 15 is 0 Å². The fraction of sp³-hybridized carbons (Fsp3) is 0.500. The Morgan fingerprint density at radius 1 is 1.67 bits per heavy atom. The number of carbonyl (C=O) groups excluding carboxylic acids is 1. The van der Waals surface area contributed by atoms with Crippen molar-refractivity contribution < 1.29 is 9.53 Å². The Kier molecular flexibility index (Phi) is 3.71. The van der Waals surface area contributed by atoms with Crippen LogP contribution >= 0.6 is 11.3 Å². The molecule has 1 aliphatic rings. The van der Waals surface area contributed by atoms with Crippen molar-refractivity contribution in [2.75, 3.05) is 19.7 Å². The Hall–Kier alpha value is -0.910. The van der Waals surface area contributed by atoms with Crippen LogP contribution in [0, 0.1) is 0 Å². The van der Waals surface area contributed by atoms with Crippen molar-refractivity contribution in [2.24, 2.45) is 0 Å². The van der Waals surface area contributed by atoms with Gasteiger partial charge in [-0.3, -0.25) is 4.79 Å². The van der Waals surface area contributed by atoms with E-state index in [1.807, 2.05) is 16.8 Å². The number of rotatable bonds is 5. The largest absolute Gasteiger partial charge is 0.366 e. The highest BCUT2D eigenvalue weighted by molar-refractivity contribution is 7.07. The van der Waals surface area contributed by atoms with Gasteiger partial charge in [-0.25, -0.2) is 0 Å². The molecule has 2 rings (SSSR count). The van der Waals surface area contributed by atoms with Gasteiger partial charge in [-0.2, -0.15) is 11.3 Å². The lowest BCUT2D eigenvalue weighted by Crippen LogP contribution is -2.49. The Bertz CT molecular complexity index is 309. The van der Waals surface area contributed by atoms with Crippen molar-refractivity contribution in [3.05, 3.63) is 22.4 Å². The van der Waals surface area contributed by atoms with Gasteiger partial charge in [-0.15, -0.1) is 0 Å². The number of amides is 1. The first-order valence-electron chi connectivity index (χ1n) is 4.94. The van der Waals surface area contributed by atoms with Crippen LogP contribution in [-0.2, 0) is 16.1 Å². The van der Waals surface area contributed by atoms with E-state index in [1.54, 1.807) is 11.3 Å². The van der Waals surface area contributed by atoms with Gasteiger partial charge in [0.25, 0.3) is 0 Å². The number of ether oxygens (including phenoxy) is 1. The topological polar surface area (TPSA) is 50.4 Å². The molecule has 0 atom stereocenters. The SMILES string of the molecule is O=C(COC1CNC1)NCc1ccsc1. The molecule has 2 heterocycles. The zero-order valence-electron chi connectivity index (χ0n) is 8.36. The molecule has 1 aromatic rings. The first-order chi connectivity index (χ1) is 7.34. The number of thiophene rings is 1. The molecule has 0 spiro atoms. The van der Waals surface area contributed by atoms with Crippen molar-refractivity contribution in [1.29, 1.82) is 0 Å². The zero-order valence-corrected chi connectivity index (χ0v) is 9.18. The van der Waals surface area contributed by atoms with E-state index in [1.165, 1.54) is 0 Å². The molecular formula is C10H14N2O2S. The minimum atomic E-state index is -0.0481. The fourth-order valence-corrected chi connectivity index (χ4v) is 1.89. The highest BCUT2D eigenvalue weighted by atomic mass is 32.1. The van der Waals surface area contributed by atoms with Gasteiger partial charge in [0, 0.05) is 19.6 Å². The third-order valence-electron chi connectivity index (χ3n) is 2.26. The molecule has 0 radical (unpaired) electrons. The maximum atomic E-state index is 11.3.